The van der Waals surface area contributed by atoms with Gasteiger partial charge in [0.25, 0.3) is 5.91 Å². The Hall–Kier alpha value is -1.86. The number of rotatable bonds is 5. The van der Waals surface area contributed by atoms with Crippen molar-refractivity contribution in [1.29, 1.82) is 0 Å². The van der Waals surface area contributed by atoms with Crippen molar-refractivity contribution < 1.29 is 4.79 Å². The second kappa shape index (κ2) is 7.14. The molecule has 1 fully saturated rings. The highest BCUT2D eigenvalue weighted by atomic mass is 32.1. The van der Waals surface area contributed by atoms with Crippen LogP contribution < -0.4 is 5.32 Å². The van der Waals surface area contributed by atoms with Gasteiger partial charge in [-0.3, -0.25) is 9.69 Å². The molecule has 0 bridgehead atoms. The van der Waals surface area contributed by atoms with Crippen molar-refractivity contribution in [2.45, 2.75) is 32.7 Å². The van der Waals surface area contributed by atoms with Crippen molar-refractivity contribution in [2.24, 2.45) is 0 Å². The van der Waals surface area contributed by atoms with E-state index in [9.17, 15) is 4.79 Å². The van der Waals surface area contributed by atoms with E-state index in [0.717, 1.165) is 25.2 Å². The van der Waals surface area contributed by atoms with E-state index < -0.39 is 0 Å². The van der Waals surface area contributed by atoms with Gasteiger partial charge in [-0.15, -0.1) is 11.3 Å². The molecule has 0 radical (unpaired) electrons. The Balaban J connectivity index is 1.67. The molecule has 122 valence electrons. The fourth-order valence-corrected chi connectivity index (χ4v) is 3.88. The van der Waals surface area contributed by atoms with Gasteiger partial charge in [-0.2, -0.15) is 0 Å². The average Bonchev–Trinajstić information content (AvgIpc) is 3.19. The molecule has 3 rings (SSSR count). The molecule has 2 aromatic rings. The molecular formula is C16H21N5OS. The molecule has 1 N–H and O–H groups in total. The molecule has 0 aliphatic carbocycles. The summed E-state index contributed by atoms with van der Waals surface area (Å²) < 4.78 is 0. The lowest BCUT2D eigenvalue weighted by atomic mass is 10.2. The van der Waals surface area contributed by atoms with E-state index in [1.807, 2.05) is 6.92 Å². The lowest BCUT2D eigenvalue weighted by molar-refractivity contribution is 0.0944. The van der Waals surface area contributed by atoms with Crippen molar-refractivity contribution >= 4 is 17.2 Å². The van der Waals surface area contributed by atoms with Crippen LogP contribution in [0.2, 0.25) is 0 Å². The first kappa shape index (κ1) is 16.0. The minimum atomic E-state index is -0.0508. The maximum Gasteiger partial charge on any atom is 0.263 e. The number of nitrogens with one attached hydrogen (secondary N) is 1. The lowest BCUT2D eigenvalue weighted by Crippen LogP contribution is -2.39. The van der Waals surface area contributed by atoms with Crippen LogP contribution in [0.3, 0.4) is 0 Å². The minimum absolute atomic E-state index is 0.0508. The molecule has 1 aliphatic heterocycles. The van der Waals surface area contributed by atoms with Crippen LogP contribution in [0.1, 0.15) is 35.1 Å². The van der Waals surface area contributed by atoms with Gasteiger partial charge in [0.05, 0.1) is 5.69 Å². The van der Waals surface area contributed by atoms with Gasteiger partial charge in [0.15, 0.2) is 10.8 Å². The summed E-state index contributed by atoms with van der Waals surface area (Å²) >= 11 is 1.35. The first-order valence-corrected chi connectivity index (χ1v) is 8.77. The van der Waals surface area contributed by atoms with Crippen molar-refractivity contribution in [3.8, 4) is 10.8 Å². The molecule has 1 amide bonds. The molecule has 0 saturated carbocycles. The Morgan fingerprint density at radius 1 is 1.43 bits per heavy atom. The number of thiazole rings is 1. The van der Waals surface area contributed by atoms with Gasteiger partial charge in [0.1, 0.15) is 4.88 Å². The van der Waals surface area contributed by atoms with E-state index in [1.54, 1.807) is 18.5 Å². The zero-order chi connectivity index (χ0) is 16.2. The summed E-state index contributed by atoms with van der Waals surface area (Å²) in [7, 11) is 0. The van der Waals surface area contributed by atoms with Crippen LogP contribution in [0.15, 0.2) is 18.5 Å². The Morgan fingerprint density at radius 2 is 2.22 bits per heavy atom. The zero-order valence-corrected chi connectivity index (χ0v) is 14.3. The van der Waals surface area contributed by atoms with E-state index in [1.165, 1.54) is 17.8 Å². The smallest absolute Gasteiger partial charge is 0.263 e. The number of nitrogens with zero attached hydrogens (tertiary/aromatic N) is 4. The largest absolute Gasteiger partial charge is 0.350 e. The third kappa shape index (κ3) is 3.56. The molecule has 2 aromatic heterocycles. The monoisotopic (exact) mass is 331 g/mol. The average molecular weight is 331 g/mol. The van der Waals surface area contributed by atoms with Crippen LogP contribution in [-0.2, 0) is 0 Å². The summed E-state index contributed by atoms with van der Waals surface area (Å²) in [5.74, 6) is 0.512. The molecule has 6 nitrogen and oxygen atoms in total. The maximum atomic E-state index is 12.5. The van der Waals surface area contributed by atoms with Crippen LogP contribution in [0.25, 0.3) is 10.8 Å². The molecule has 1 unspecified atom stereocenters. The Bertz CT molecular complexity index is 672. The predicted molar refractivity (Wildman–Crippen MR) is 90.5 cm³/mol. The topological polar surface area (TPSA) is 71.0 Å². The Labute approximate surface area is 140 Å². The summed E-state index contributed by atoms with van der Waals surface area (Å²) in [5.41, 5.74) is 0.730. The van der Waals surface area contributed by atoms with E-state index >= 15 is 0 Å². The summed E-state index contributed by atoms with van der Waals surface area (Å²) in [4.78, 5) is 28.3. The second-order valence-corrected chi connectivity index (χ2v) is 6.64. The summed E-state index contributed by atoms with van der Waals surface area (Å²) in [6.45, 7) is 6.88. The van der Waals surface area contributed by atoms with Crippen LogP contribution >= 0.6 is 11.3 Å². The standard InChI is InChI=1S/C16H21N5OS/c1-3-21-9-4-6-12(21)10-19-15(22)13-11(2)20-16(23-13)14-17-7-5-8-18-14/h5,7-8,12H,3-4,6,9-10H2,1-2H3,(H,19,22). The predicted octanol–water partition coefficient (Wildman–Crippen LogP) is 2.12. The van der Waals surface area contributed by atoms with Crippen molar-refractivity contribution in [3.63, 3.8) is 0 Å². The Morgan fingerprint density at radius 3 is 2.96 bits per heavy atom. The molecule has 3 heterocycles. The van der Waals surface area contributed by atoms with Gasteiger partial charge >= 0.3 is 0 Å². The number of aryl methyl sites for hydroxylation is 1. The van der Waals surface area contributed by atoms with Crippen LogP contribution in [-0.4, -0.2) is 51.4 Å². The number of hydrogen-bond acceptors (Lipinski definition) is 6. The maximum absolute atomic E-state index is 12.5. The third-order valence-electron chi connectivity index (χ3n) is 4.16. The normalized spacial score (nSPS) is 18.3. The lowest BCUT2D eigenvalue weighted by Gasteiger charge is -2.22. The molecule has 23 heavy (non-hydrogen) atoms. The quantitative estimate of drug-likeness (QED) is 0.909. The SMILES string of the molecule is CCN1CCCC1CNC(=O)c1sc(-c2ncccn2)nc1C. The van der Waals surface area contributed by atoms with Crippen LogP contribution in [0, 0.1) is 6.92 Å². The molecule has 7 heteroatoms. The number of carbonyl (C=O) groups is 1. The number of hydrogen-bond donors (Lipinski definition) is 1. The van der Waals surface area contributed by atoms with Gasteiger partial charge in [-0.1, -0.05) is 6.92 Å². The number of carbonyl (C=O) groups excluding carboxylic acids is 1. The van der Waals surface area contributed by atoms with E-state index in [-0.39, 0.29) is 5.91 Å². The van der Waals surface area contributed by atoms with Crippen molar-refractivity contribution in [1.82, 2.24) is 25.2 Å². The van der Waals surface area contributed by atoms with Gasteiger partial charge < -0.3 is 5.32 Å². The van der Waals surface area contributed by atoms with Gasteiger partial charge in [-0.25, -0.2) is 15.0 Å². The van der Waals surface area contributed by atoms with Gasteiger partial charge in [-0.05, 0) is 38.9 Å². The Kier molecular flexibility index (Phi) is 4.97. The summed E-state index contributed by atoms with van der Waals surface area (Å²) in [6.07, 6.45) is 5.72. The fraction of sp³-hybridized carbons (Fsp3) is 0.500. The molecule has 0 spiro atoms. The first-order chi connectivity index (χ1) is 11.2. The van der Waals surface area contributed by atoms with Gasteiger partial charge in [0.2, 0.25) is 0 Å². The number of likely N-dealkylation sites (N-methyl/N-ethyl adjacent to an activating group) is 1. The fourth-order valence-electron chi connectivity index (χ4n) is 2.95. The number of amides is 1. The zero-order valence-electron chi connectivity index (χ0n) is 13.5. The van der Waals surface area contributed by atoms with E-state index in [0.29, 0.717) is 28.3 Å². The number of likely N-dealkylation sites (tertiary alicyclic amines) is 1. The molecule has 1 saturated heterocycles. The molecule has 0 aromatic carbocycles. The summed E-state index contributed by atoms with van der Waals surface area (Å²) in [6, 6.07) is 2.22. The first-order valence-electron chi connectivity index (χ1n) is 7.96. The van der Waals surface area contributed by atoms with Gasteiger partial charge in [0, 0.05) is 25.0 Å². The van der Waals surface area contributed by atoms with Crippen molar-refractivity contribution in [2.75, 3.05) is 19.6 Å². The van der Waals surface area contributed by atoms with Crippen molar-refractivity contribution in [3.05, 3.63) is 29.0 Å². The van der Waals surface area contributed by atoms with Crippen LogP contribution in [0.4, 0.5) is 0 Å². The number of aromatic nitrogens is 3. The van der Waals surface area contributed by atoms with E-state index in [4.69, 9.17) is 0 Å². The molecule has 1 atom stereocenters. The third-order valence-corrected chi connectivity index (χ3v) is 5.32. The van der Waals surface area contributed by atoms with E-state index in [2.05, 4.69) is 32.1 Å². The second-order valence-electron chi connectivity index (χ2n) is 5.64. The van der Waals surface area contributed by atoms with Crippen LogP contribution in [0.5, 0.6) is 0 Å². The molecule has 1 aliphatic rings. The molecular weight excluding hydrogens is 310 g/mol. The highest BCUT2D eigenvalue weighted by Crippen LogP contribution is 2.25. The highest BCUT2D eigenvalue weighted by molar-refractivity contribution is 7.17. The highest BCUT2D eigenvalue weighted by Gasteiger charge is 2.24. The summed E-state index contributed by atoms with van der Waals surface area (Å²) in [5, 5.41) is 3.74. The minimum Gasteiger partial charge on any atom is -0.350 e.